The van der Waals surface area contributed by atoms with E-state index >= 15 is 0 Å². The molecule has 0 N–H and O–H groups in total. The van der Waals surface area contributed by atoms with Gasteiger partial charge in [0.1, 0.15) is 6.61 Å². The Hall–Kier alpha value is -0.610. The molecule has 0 spiro atoms. The SMILES string of the molecule is CCC(C)(C)C(=O)OCCOCC1CCC2OC2C1. The topological polar surface area (TPSA) is 48.1 Å². The van der Waals surface area contributed by atoms with Gasteiger partial charge in [0.25, 0.3) is 0 Å². The van der Waals surface area contributed by atoms with Crippen LogP contribution in [0.4, 0.5) is 0 Å². The van der Waals surface area contributed by atoms with E-state index in [0.29, 0.717) is 31.3 Å². The molecule has 2 fully saturated rings. The summed E-state index contributed by atoms with van der Waals surface area (Å²) in [6, 6.07) is 0. The van der Waals surface area contributed by atoms with E-state index in [9.17, 15) is 4.79 Å². The van der Waals surface area contributed by atoms with Gasteiger partial charge in [0, 0.05) is 6.61 Å². The van der Waals surface area contributed by atoms with Gasteiger partial charge in [-0.25, -0.2) is 0 Å². The van der Waals surface area contributed by atoms with Crippen molar-refractivity contribution in [2.75, 3.05) is 19.8 Å². The molecule has 0 aromatic heterocycles. The Bertz CT molecular complexity index is 313. The van der Waals surface area contributed by atoms with Crippen molar-refractivity contribution >= 4 is 5.97 Å². The minimum Gasteiger partial charge on any atom is -0.463 e. The zero-order valence-corrected chi connectivity index (χ0v) is 12.3. The molecule has 0 aromatic rings. The van der Waals surface area contributed by atoms with Crippen LogP contribution in [0.15, 0.2) is 0 Å². The monoisotopic (exact) mass is 270 g/mol. The van der Waals surface area contributed by atoms with Gasteiger partial charge in [-0.2, -0.15) is 0 Å². The maximum absolute atomic E-state index is 11.7. The number of epoxide rings is 1. The smallest absolute Gasteiger partial charge is 0.311 e. The minimum atomic E-state index is -0.387. The molecule has 0 aromatic carbocycles. The summed E-state index contributed by atoms with van der Waals surface area (Å²) in [5, 5.41) is 0. The van der Waals surface area contributed by atoms with Gasteiger partial charge in [0.05, 0.1) is 24.2 Å². The van der Waals surface area contributed by atoms with Crippen LogP contribution >= 0.6 is 0 Å². The van der Waals surface area contributed by atoms with Gasteiger partial charge in [-0.3, -0.25) is 4.79 Å². The summed E-state index contributed by atoms with van der Waals surface area (Å²) in [5.74, 6) is 0.483. The van der Waals surface area contributed by atoms with Crippen LogP contribution in [0.3, 0.4) is 0 Å². The van der Waals surface area contributed by atoms with Gasteiger partial charge in [-0.05, 0) is 45.4 Å². The average Bonchev–Trinajstić information content (AvgIpc) is 3.16. The number of fused-ring (bicyclic) bond motifs is 1. The average molecular weight is 270 g/mol. The van der Waals surface area contributed by atoms with Crippen molar-refractivity contribution in [3.05, 3.63) is 0 Å². The molecule has 1 aliphatic heterocycles. The Balaban J connectivity index is 1.51. The zero-order valence-electron chi connectivity index (χ0n) is 12.3. The number of hydrogen-bond acceptors (Lipinski definition) is 4. The lowest BCUT2D eigenvalue weighted by molar-refractivity contribution is -0.155. The van der Waals surface area contributed by atoms with E-state index in [1.165, 1.54) is 12.8 Å². The van der Waals surface area contributed by atoms with E-state index in [0.717, 1.165) is 19.4 Å². The second-order valence-corrected chi connectivity index (χ2v) is 6.34. The first-order valence-corrected chi connectivity index (χ1v) is 7.43. The molecule has 19 heavy (non-hydrogen) atoms. The third-order valence-corrected chi connectivity index (χ3v) is 4.36. The molecule has 1 saturated heterocycles. The molecule has 1 heterocycles. The first kappa shape index (κ1) is 14.8. The second kappa shape index (κ2) is 6.23. The molecule has 0 radical (unpaired) electrons. The quantitative estimate of drug-likeness (QED) is 0.405. The van der Waals surface area contributed by atoms with Crippen LogP contribution in [-0.4, -0.2) is 38.0 Å². The van der Waals surface area contributed by atoms with Gasteiger partial charge in [0.2, 0.25) is 0 Å². The van der Waals surface area contributed by atoms with E-state index in [-0.39, 0.29) is 11.4 Å². The van der Waals surface area contributed by atoms with Gasteiger partial charge in [-0.15, -0.1) is 0 Å². The van der Waals surface area contributed by atoms with Gasteiger partial charge in [0.15, 0.2) is 0 Å². The van der Waals surface area contributed by atoms with Crippen molar-refractivity contribution in [2.45, 2.75) is 58.7 Å². The molecule has 3 atom stereocenters. The molecular formula is C15H26O4. The standard InChI is InChI=1S/C15H26O4/c1-4-15(2,3)14(16)18-8-7-17-10-11-5-6-12-13(9-11)19-12/h11-13H,4-10H2,1-3H3. The van der Waals surface area contributed by atoms with Crippen molar-refractivity contribution in [1.82, 2.24) is 0 Å². The third kappa shape index (κ3) is 4.18. The summed E-state index contributed by atoms with van der Waals surface area (Å²) in [5.41, 5.74) is -0.387. The van der Waals surface area contributed by atoms with E-state index in [1.54, 1.807) is 0 Å². The first-order valence-electron chi connectivity index (χ1n) is 7.43. The van der Waals surface area contributed by atoms with Crippen LogP contribution in [0.25, 0.3) is 0 Å². The molecule has 110 valence electrons. The van der Waals surface area contributed by atoms with Crippen LogP contribution in [0.5, 0.6) is 0 Å². The lowest BCUT2D eigenvalue weighted by atomic mass is 9.90. The molecule has 0 amide bonds. The molecule has 1 saturated carbocycles. The van der Waals surface area contributed by atoms with Crippen LogP contribution in [0.1, 0.15) is 46.5 Å². The number of esters is 1. The van der Waals surface area contributed by atoms with Crippen molar-refractivity contribution in [2.24, 2.45) is 11.3 Å². The largest absolute Gasteiger partial charge is 0.463 e. The maximum atomic E-state index is 11.7. The highest BCUT2D eigenvalue weighted by atomic mass is 16.6. The molecule has 3 unspecified atom stereocenters. The second-order valence-electron chi connectivity index (χ2n) is 6.34. The van der Waals surface area contributed by atoms with E-state index in [4.69, 9.17) is 14.2 Å². The minimum absolute atomic E-state index is 0.134. The molecule has 2 aliphatic rings. The molecule has 0 bridgehead atoms. The van der Waals surface area contributed by atoms with Crippen molar-refractivity contribution in [1.29, 1.82) is 0 Å². The zero-order chi connectivity index (χ0) is 13.9. The number of carbonyl (C=O) groups excluding carboxylic acids is 1. The van der Waals surface area contributed by atoms with Gasteiger partial charge >= 0.3 is 5.97 Å². The maximum Gasteiger partial charge on any atom is 0.311 e. The van der Waals surface area contributed by atoms with E-state index in [2.05, 4.69) is 0 Å². The highest BCUT2D eigenvalue weighted by Gasteiger charge is 2.43. The lowest BCUT2D eigenvalue weighted by Crippen LogP contribution is -2.27. The predicted molar refractivity (Wildman–Crippen MR) is 71.9 cm³/mol. The van der Waals surface area contributed by atoms with Crippen LogP contribution in [0.2, 0.25) is 0 Å². The van der Waals surface area contributed by atoms with Gasteiger partial charge in [-0.1, -0.05) is 6.92 Å². The van der Waals surface area contributed by atoms with Crippen molar-refractivity contribution in [3.8, 4) is 0 Å². The Labute approximate surface area is 115 Å². The highest BCUT2D eigenvalue weighted by Crippen LogP contribution is 2.39. The molecule has 4 heteroatoms. The molecular weight excluding hydrogens is 244 g/mol. The van der Waals surface area contributed by atoms with E-state index in [1.807, 2.05) is 20.8 Å². The number of ether oxygens (including phenoxy) is 3. The van der Waals surface area contributed by atoms with Crippen molar-refractivity contribution in [3.63, 3.8) is 0 Å². The predicted octanol–water partition coefficient (Wildman–Crippen LogP) is 2.55. The lowest BCUT2D eigenvalue weighted by Gasteiger charge is -2.21. The van der Waals surface area contributed by atoms with Crippen LogP contribution in [-0.2, 0) is 19.0 Å². The Kier molecular flexibility index (Phi) is 4.85. The van der Waals surface area contributed by atoms with Gasteiger partial charge < -0.3 is 14.2 Å². The molecule has 1 aliphatic carbocycles. The third-order valence-electron chi connectivity index (χ3n) is 4.36. The van der Waals surface area contributed by atoms with E-state index < -0.39 is 0 Å². The normalized spacial score (nSPS) is 29.7. The number of carbonyl (C=O) groups is 1. The Morgan fingerprint density at radius 3 is 2.74 bits per heavy atom. The fraction of sp³-hybridized carbons (Fsp3) is 0.933. The summed E-state index contributed by atoms with van der Waals surface area (Å²) in [6.07, 6.45) is 5.35. The highest BCUT2D eigenvalue weighted by molar-refractivity contribution is 5.75. The fourth-order valence-corrected chi connectivity index (χ4v) is 2.42. The summed E-state index contributed by atoms with van der Waals surface area (Å²) < 4.78 is 16.3. The Morgan fingerprint density at radius 2 is 2.05 bits per heavy atom. The molecule has 2 rings (SSSR count). The summed E-state index contributed by atoms with van der Waals surface area (Å²) >= 11 is 0. The molecule has 4 nitrogen and oxygen atoms in total. The fourth-order valence-electron chi connectivity index (χ4n) is 2.42. The summed E-state index contributed by atoms with van der Waals surface area (Å²) in [6.45, 7) is 7.43. The first-order chi connectivity index (χ1) is 9.03. The summed E-state index contributed by atoms with van der Waals surface area (Å²) in [7, 11) is 0. The van der Waals surface area contributed by atoms with Crippen LogP contribution in [0, 0.1) is 11.3 Å². The van der Waals surface area contributed by atoms with Crippen LogP contribution < -0.4 is 0 Å². The number of rotatable bonds is 7. The number of hydrogen-bond donors (Lipinski definition) is 0. The summed E-state index contributed by atoms with van der Waals surface area (Å²) in [4.78, 5) is 11.7. The van der Waals surface area contributed by atoms with Crippen molar-refractivity contribution < 1.29 is 19.0 Å². The Morgan fingerprint density at radius 1 is 1.26 bits per heavy atom.